The maximum absolute atomic E-state index is 12.2. The first-order valence-electron chi connectivity index (χ1n) is 8.05. The lowest BCUT2D eigenvalue weighted by atomic mass is 10.1. The van der Waals surface area contributed by atoms with Crippen LogP contribution in [0.1, 0.15) is 35.6 Å². The Morgan fingerprint density at radius 2 is 1.92 bits per heavy atom. The van der Waals surface area contributed by atoms with Crippen LogP contribution in [0.25, 0.3) is 0 Å². The predicted octanol–water partition coefficient (Wildman–Crippen LogP) is 3.35. The highest BCUT2D eigenvalue weighted by Crippen LogP contribution is 2.23. The minimum Gasteiger partial charge on any atom is -0.355 e. The van der Waals surface area contributed by atoms with Crippen LogP contribution in [0.2, 0.25) is 0 Å². The average Bonchev–Trinajstić information content (AvgIpc) is 3.04. The van der Waals surface area contributed by atoms with Crippen LogP contribution in [0.3, 0.4) is 0 Å². The smallest absolute Gasteiger partial charge is 0.286 e. The summed E-state index contributed by atoms with van der Waals surface area (Å²) in [5.74, 6) is 0.499. The molecule has 0 aliphatic carbocycles. The molecule has 0 saturated carbocycles. The quantitative estimate of drug-likeness (QED) is 0.688. The Kier molecular flexibility index (Phi) is 7.39. The Morgan fingerprint density at radius 3 is 2.60 bits per heavy atom. The standard InChI is InChI=1S/C17H22N4O2S2/c1-11(2)8-9-18-14(22)10-24-17-21-20-16(25-17)15(23)19-13-6-4-12(3)5-7-13/h4-7,11H,8-10H2,1-3H3,(H,18,22)(H,19,23). The molecule has 0 radical (unpaired) electrons. The fourth-order valence-electron chi connectivity index (χ4n) is 1.86. The van der Waals surface area contributed by atoms with E-state index in [1.807, 2.05) is 31.2 Å². The number of nitrogens with zero attached hydrogens (tertiary/aromatic N) is 2. The van der Waals surface area contributed by atoms with E-state index < -0.39 is 0 Å². The summed E-state index contributed by atoms with van der Waals surface area (Å²) < 4.78 is 0.605. The molecule has 2 aromatic rings. The molecule has 6 nitrogen and oxygen atoms in total. The lowest BCUT2D eigenvalue weighted by Gasteiger charge is -2.05. The first kappa shape index (κ1) is 19.4. The van der Waals surface area contributed by atoms with Crippen molar-refractivity contribution < 1.29 is 9.59 Å². The molecule has 1 aromatic heterocycles. The Bertz CT molecular complexity index is 714. The molecule has 1 aromatic carbocycles. The largest absolute Gasteiger partial charge is 0.355 e. The van der Waals surface area contributed by atoms with Crippen LogP contribution in [0.15, 0.2) is 28.6 Å². The average molecular weight is 379 g/mol. The first-order chi connectivity index (χ1) is 11.9. The lowest BCUT2D eigenvalue weighted by molar-refractivity contribution is -0.118. The monoisotopic (exact) mass is 378 g/mol. The number of carbonyl (C=O) groups is 2. The van der Waals surface area contributed by atoms with Crippen molar-refractivity contribution in [1.29, 1.82) is 0 Å². The molecule has 0 saturated heterocycles. The molecule has 2 N–H and O–H groups in total. The van der Waals surface area contributed by atoms with Gasteiger partial charge in [0.05, 0.1) is 5.75 Å². The van der Waals surface area contributed by atoms with Crippen molar-refractivity contribution in [3.05, 3.63) is 34.8 Å². The highest BCUT2D eigenvalue weighted by Gasteiger charge is 2.14. The van der Waals surface area contributed by atoms with Crippen LogP contribution in [-0.2, 0) is 4.79 Å². The number of nitrogens with one attached hydrogen (secondary N) is 2. The third kappa shape index (κ3) is 6.83. The summed E-state index contributed by atoms with van der Waals surface area (Å²) in [4.78, 5) is 23.9. The SMILES string of the molecule is Cc1ccc(NC(=O)c2nnc(SCC(=O)NCCC(C)C)s2)cc1. The summed E-state index contributed by atoms with van der Waals surface area (Å²) in [6.07, 6.45) is 0.957. The number of aromatic nitrogens is 2. The molecule has 0 aliphatic heterocycles. The van der Waals surface area contributed by atoms with Crippen LogP contribution in [0.5, 0.6) is 0 Å². The van der Waals surface area contributed by atoms with Gasteiger partial charge in [-0.3, -0.25) is 9.59 Å². The van der Waals surface area contributed by atoms with Crippen LogP contribution in [0.4, 0.5) is 5.69 Å². The van der Waals surface area contributed by atoms with E-state index in [2.05, 4.69) is 34.7 Å². The minimum absolute atomic E-state index is 0.0356. The zero-order valence-electron chi connectivity index (χ0n) is 14.5. The molecule has 0 unspecified atom stereocenters. The molecule has 0 aliphatic rings. The third-order valence-electron chi connectivity index (χ3n) is 3.28. The molecule has 2 amide bonds. The number of hydrogen-bond donors (Lipinski definition) is 2. The summed E-state index contributed by atoms with van der Waals surface area (Å²) in [6.45, 7) is 6.90. The second-order valence-corrected chi connectivity index (χ2v) is 8.21. The van der Waals surface area contributed by atoms with Crippen molar-refractivity contribution in [3.63, 3.8) is 0 Å². The second-order valence-electron chi connectivity index (χ2n) is 6.01. The van der Waals surface area contributed by atoms with Gasteiger partial charge in [-0.1, -0.05) is 54.6 Å². The van der Waals surface area contributed by atoms with Gasteiger partial charge >= 0.3 is 0 Å². The zero-order valence-corrected chi connectivity index (χ0v) is 16.2. The van der Waals surface area contributed by atoms with Crippen molar-refractivity contribution in [3.8, 4) is 0 Å². The van der Waals surface area contributed by atoms with Crippen LogP contribution >= 0.6 is 23.1 Å². The fraction of sp³-hybridized carbons (Fsp3) is 0.412. The Hall–Kier alpha value is -1.93. The van der Waals surface area contributed by atoms with E-state index in [4.69, 9.17) is 0 Å². The minimum atomic E-state index is -0.297. The van der Waals surface area contributed by atoms with E-state index in [9.17, 15) is 9.59 Å². The summed E-state index contributed by atoms with van der Waals surface area (Å²) in [6, 6.07) is 7.53. The maximum Gasteiger partial charge on any atom is 0.286 e. The van der Waals surface area contributed by atoms with Gasteiger partial charge in [0.15, 0.2) is 4.34 Å². The molecule has 0 bridgehead atoms. The fourth-order valence-corrected chi connectivity index (χ4v) is 3.44. The molecule has 0 spiro atoms. The van der Waals surface area contributed by atoms with Crippen LogP contribution in [0, 0.1) is 12.8 Å². The van der Waals surface area contributed by atoms with Crippen molar-refractivity contribution >= 4 is 40.6 Å². The molecule has 8 heteroatoms. The summed E-state index contributed by atoms with van der Waals surface area (Å²) in [7, 11) is 0. The highest BCUT2D eigenvalue weighted by molar-refractivity contribution is 8.01. The molecule has 0 fully saturated rings. The van der Waals surface area contributed by atoms with Gasteiger partial charge in [0.1, 0.15) is 0 Å². The number of carbonyl (C=O) groups excluding carboxylic acids is 2. The first-order valence-corrected chi connectivity index (χ1v) is 9.85. The Morgan fingerprint density at radius 1 is 1.20 bits per heavy atom. The molecule has 134 valence electrons. The summed E-state index contributed by atoms with van der Waals surface area (Å²) >= 11 is 2.47. The van der Waals surface area contributed by atoms with E-state index in [1.54, 1.807) is 0 Å². The number of thioether (sulfide) groups is 1. The number of anilines is 1. The predicted molar refractivity (Wildman–Crippen MR) is 102 cm³/mol. The van der Waals surface area contributed by atoms with Crippen LogP contribution in [-0.4, -0.2) is 34.3 Å². The van der Waals surface area contributed by atoms with Gasteiger partial charge in [0, 0.05) is 12.2 Å². The number of benzene rings is 1. The van der Waals surface area contributed by atoms with Crippen molar-refractivity contribution in [2.45, 2.75) is 31.5 Å². The van der Waals surface area contributed by atoms with E-state index in [0.29, 0.717) is 22.5 Å². The van der Waals surface area contributed by atoms with Gasteiger partial charge < -0.3 is 10.6 Å². The van der Waals surface area contributed by atoms with E-state index in [1.165, 1.54) is 23.1 Å². The number of rotatable bonds is 8. The van der Waals surface area contributed by atoms with E-state index in [0.717, 1.165) is 12.0 Å². The Labute approximate surface area is 155 Å². The molecular formula is C17H22N4O2S2. The maximum atomic E-state index is 12.2. The molecule has 25 heavy (non-hydrogen) atoms. The molecule has 2 rings (SSSR count). The number of hydrogen-bond acceptors (Lipinski definition) is 6. The Balaban J connectivity index is 1.80. The number of amides is 2. The molecule has 1 heterocycles. The highest BCUT2D eigenvalue weighted by atomic mass is 32.2. The normalized spacial score (nSPS) is 10.7. The van der Waals surface area contributed by atoms with Gasteiger partial charge in [-0.25, -0.2) is 0 Å². The van der Waals surface area contributed by atoms with Gasteiger partial charge in [0.25, 0.3) is 5.91 Å². The van der Waals surface area contributed by atoms with Crippen molar-refractivity contribution in [2.75, 3.05) is 17.6 Å². The van der Waals surface area contributed by atoms with Gasteiger partial charge in [0.2, 0.25) is 10.9 Å². The molecule has 0 atom stereocenters. The van der Waals surface area contributed by atoms with Crippen molar-refractivity contribution in [1.82, 2.24) is 15.5 Å². The summed E-state index contributed by atoms with van der Waals surface area (Å²) in [5, 5.41) is 13.8. The summed E-state index contributed by atoms with van der Waals surface area (Å²) in [5.41, 5.74) is 1.84. The van der Waals surface area contributed by atoms with Crippen LogP contribution < -0.4 is 10.6 Å². The van der Waals surface area contributed by atoms with Gasteiger partial charge in [-0.05, 0) is 31.4 Å². The topological polar surface area (TPSA) is 84.0 Å². The second kappa shape index (κ2) is 9.53. The van der Waals surface area contributed by atoms with E-state index in [-0.39, 0.29) is 22.6 Å². The molecular weight excluding hydrogens is 356 g/mol. The lowest BCUT2D eigenvalue weighted by Crippen LogP contribution is -2.26. The van der Waals surface area contributed by atoms with Gasteiger partial charge in [-0.15, -0.1) is 10.2 Å². The third-order valence-corrected chi connectivity index (χ3v) is 5.34. The van der Waals surface area contributed by atoms with Crippen molar-refractivity contribution in [2.24, 2.45) is 5.92 Å². The number of aryl methyl sites for hydroxylation is 1. The van der Waals surface area contributed by atoms with Gasteiger partial charge in [-0.2, -0.15) is 0 Å². The van der Waals surface area contributed by atoms with E-state index >= 15 is 0 Å². The zero-order chi connectivity index (χ0) is 18.2.